The Labute approximate surface area is 141 Å². The van der Waals surface area contributed by atoms with E-state index >= 15 is 0 Å². The van der Waals surface area contributed by atoms with Crippen LogP contribution in [0.25, 0.3) is 10.9 Å². The van der Waals surface area contributed by atoms with Crippen LogP contribution in [0.1, 0.15) is 22.3 Å². The molecule has 0 unspecified atom stereocenters. The molecule has 0 saturated heterocycles. The zero-order chi connectivity index (χ0) is 17.4. The summed E-state index contributed by atoms with van der Waals surface area (Å²) in [6.07, 6.45) is 2.36. The number of pyridine rings is 1. The highest BCUT2D eigenvalue weighted by Crippen LogP contribution is 2.27. The lowest BCUT2D eigenvalue weighted by molar-refractivity contribution is 1.07. The van der Waals surface area contributed by atoms with Crippen molar-refractivity contribution in [1.82, 2.24) is 15.0 Å². The Balaban J connectivity index is 2.07. The molecular formula is C18H22N6. The molecule has 2 aromatic heterocycles. The van der Waals surface area contributed by atoms with Crippen LogP contribution in [0.3, 0.4) is 0 Å². The van der Waals surface area contributed by atoms with Gasteiger partial charge in [-0.1, -0.05) is 6.07 Å². The first-order valence-electron chi connectivity index (χ1n) is 7.80. The minimum absolute atomic E-state index is 0.196. The maximum Gasteiger partial charge on any atom is 0.221 e. The Hall–Kier alpha value is -2.89. The lowest BCUT2D eigenvalue weighted by Crippen LogP contribution is -2.11. The van der Waals surface area contributed by atoms with Crippen LogP contribution in [-0.4, -0.2) is 29.0 Å². The number of nitrogens with zero attached hydrogens (tertiary/aromatic N) is 4. The summed E-state index contributed by atoms with van der Waals surface area (Å²) in [5, 5.41) is 1.16. The fraction of sp³-hybridized carbons (Fsp3) is 0.278. The third-order valence-electron chi connectivity index (χ3n) is 4.13. The molecule has 4 N–H and O–H groups in total. The molecule has 0 saturated carbocycles. The fourth-order valence-electron chi connectivity index (χ4n) is 2.84. The molecular weight excluding hydrogens is 300 g/mol. The van der Waals surface area contributed by atoms with Gasteiger partial charge in [-0.2, -0.15) is 4.98 Å². The molecule has 24 heavy (non-hydrogen) atoms. The molecule has 124 valence electrons. The Kier molecular flexibility index (Phi) is 3.97. The number of rotatable bonds is 3. The van der Waals surface area contributed by atoms with Gasteiger partial charge in [-0.3, -0.25) is 0 Å². The van der Waals surface area contributed by atoms with Gasteiger partial charge in [-0.25, -0.2) is 9.97 Å². The second-order valence-electron chi connectivity index (χ2n) is 6.32. The highest BCUT2D eigenvalue weighted by atomic mass is 15.1. The average molecular weight is 322 g/mol. The molecule has 0 amide bonds. The van der Waals surface area contributed by atoms with Gasteiger partial charge in [0.05, 0.1) is 5.52 Å². The number of fused-ring (bicyclic) bond motifs is 1. The Morgan fingerprint density at radius 3 is 2.42 bits per heavy atom. The molecule has 0 fully saturated rings. The molecule has 0 aliphatic heterocycles. The summed E-state index contributed by atoms with van der Waals surface area (Å²) in [4.78, 5) is 14.9. The highest BCUT2D eigenvalue weighted by Gasteiger charge is 2.10. The zero-order valence-electron chi connectivity index (χ0n) is 14.5. The van der Waals surface area contributed by atoms with Crippen molar-refractivity contribution in [1.29, 1.82) is 0 Å². The van der Waals surface area contributed by atoms with Crippen molar-refractivity contribution in [3.8, 4) is 0 Å². The number of nitrogens with two attached hydrogens (primary N) is 2. The summed E-state index contributed by atoms with van der Waals surface area (Å²) in [6.45, 7) is 4.20. The summed E-state index contributed by atoms with van der Waals surface area (Å²) in [5.41, 5.74) is 16.9. The van der Waals surface area contributed by atoms with Crippen molar-refractivity contribution in [2.45, 2.75) is 20.3 Å². The summed E-state index contributed by atoms with van der Waals surface area (Å²) in [5.74, 6) is 1.59. The molecule has 0 aliphatic carbocycles. The predicted octanol–water partition coefficient (Wildman–Crippen LogP) is 2.46. The number of benzene rings is 1. The fourth-order valence-corrected chi connectivity index (χ4v) is 2.84. The van der Waals surface area contributed by atoms with Gasteiger partial charge < -0.3 is 16.4 Å². The van der Waals surface area contributed by atoms with Gasteiger partial charge in [0.25, 0.3) is 0 Å². The molecule has 1 aromatic carbocycles. The monoisotopic (exact) mass is 322 g/mol. The van der Waals surface area contributed by atoms with Crippen molar-refractivity contribution in [2.24, 2.45) is 0 Å². The van der Waals surface area contributed by atoms with E-state index in [1.807, 2.05) is 19.0 Å². The maximum atomic E-state index is 5.95. The van der Waals surface area contributed by atoms with Gasteiger partial charge in [-0.05, 0) is 42.7 Å². The molecule has 2 heterocycles. The van der Waals surface area contributed by atoms with Gasteiger partial charge >= 0.3 is 0 Å². The molecule has 6 nitrogen and oxygen atoms in total. The Morgan fingerprint density at radius 2 is 1.75 bits per heavy atom. The summed E-state index contributed by atoms with van der Waals surface area (Å²) < 4.78 is 0. The van der Waals surface area contributed by atoms with Crippen molar-refractivity contribution >= 4 is 28.5 Å². The molecule has 0 atom stereocenters. The maximum absolute atomic E-state index is 5.95. The number of aryl methyl sites for hydroxylation is 2. The number of nitrogen functional groups attached to an aromatic ring is 2. The molecule has 6 heteroatoms. The smallest absolute Gasteiger partial charge is 0.221 e. The van der Waals surface area contributed by atoms with Crippen molar-refractivity contribution < 1.29 is 0 Å². The van der Waals surface area contributed by atoms with Crippen LogP contribution in [0.2, 0.25) is 0 Å². The van der Waals surface area contributed by atoms with Crippen molar-refractivity contribution in [3.05, 3.63) is 46.6 Å². The van der Waals surface area contributed by atoms with E-state index in [2.05, 4.69) is 42.0 Å². The first-order valence-corrected chi connectivity index (χ1v) is 7.80. The Bertz CT molecular complexity index is 917. The SMILES string of the molecule is Cc1cc(N(C)C)nc2c(C)cc(Cc3cnc(N)nc3N)cc12. The van der Waals surface area contributed by atoms with Crippen LogP contribution in [0, 0.1) is 13.8 Å². The lowest BCUT2D eigenvalue weighted by atomic mass is 9.99. The molecule has 0 aliphatic rings. The quantitative estimate of drug-likeness (QED) is 0.769. The largest absolute Gasteiger partial charge is 0.383 e. The third kappa shape index (κ3) is 2.95. The lowest BCUT2D eigenvalue weighted by Gasteiger charge is -2.16. The van der Waals surface area contributed by atoms with E-state index in [4.69, 9.17) is 16.5 Å². The van der Waals surface area contributed by atoms with E-state index in [-0.39, 0.29) is 5.95 Å². The van der Waals surface area contributed by atoms with Gasteiger partial charge in [0.1, 0.15) is 11.6 Å². The van der Waals surface area contributed by atoms with Crippen molar-refractivity contribution in [3.63, 3.8) is 0 Å². The molecule has 0 bridgehead atoms. The standard InChI is InChI=1S/C18H22N6/c1-10-6-15(24(3)4)22-16-11(2)5-12(8-14(10)16)7-13-9-21-18(20)23-17(13)19/h5-6,8-9H,7H2,1-4H3,(H4,19,20,21,23). The van der Waals surface area contributed by atoms with E-state index in [0.717, 1.165) is 33.4 Å². The molecule has 0 spiro atoms. The molecule has 0 radical (unpaired) electrons. The molecule has 3 rings (SSSR count). The van der Waals surface area contributed by atoms with Crippen molar-refractivity contribution in [2.75, 3.05) is 30.5 Å². The topological polar surface area (TPSA) is 94.0 Å². The van der Waals surface area contributed by atoms with Crippen LogP contribution in [0.5, 0.6) is 0 Å². The van der Waals surface area contributed by atoms with Crippen LogP contribution < -0.4 is 16.4 Å². The van der Waals surface area contributed by atoms with E-state index in [9.17, 15) is 0 Å². The first-order chi connectivity index (χ1) is 11.3. The van der Waals surface area contributed by atoms with Crippen LogP contribution in [0.15, 0.2) is 24.4 Å². The zero-order valence-corrected chi connectivity index (χ0v) is 14.5. The number of aromatic nitrogens is 3. The van der Waals surface area contributed by atoms with E-state index in [1.165, 1.54) is 5.56 Å². The van der Waals surface area contributed by atoms with Crippen LogP contribution in [-0.2, 0) is 6.42 Å². The third-order valence-corrected chi connectivity index (χ3v) is 4.13. The predicted molar refractivity (Wildman–Crippen MR) is 99.2 cm³/mol. The number of anilines is 3. The van der Waals surface area contributed by atoms with Gasteiger partial charge in [0.2, 0.25) is 5.95 Å². The second kappa shape index (κ2) is 5.96. The normalized spacial score (nSPS) is 11.0. The van der Waals surface area contributed by atoms with Crippen LogP contribution in [0.4, 0.5) is 17.6 Å². The van der Waals surface area contributed by atoms with Gasteiger partial charge in [0, 0.05) is 37.7 Å². The number of hydrogen-bond acceptors (Lipinski definition) is 6. The Morgan fingerprint density at radius 1 is 1.00 bits per heavy atom. The summed E-state index contributed by atoms with van der Waals surface area (Å²) >= 11 is 0. The van der Waals surface area contributed by atoms with E-state index in [0.29, 0.717) is 12.2 Å². The highest BCUT2D eigenvalue weighted by molar-refractivity contribution is 5.87. The van der Waals surface area contributed by atoms with E-state index < -0.39 is 0 Å². The van der Waals surface area contributed by atoms with Crippen LogP contribution >= 0.6 is 0 Å². The minimum atomic E-state index is 0.196. The molecule has 3 aromatic rings. The van der Waals surface area contributed by atoms with Gasteiger partial charge in [0.15, 0.2) is 0 Å². The van der Waals surface area contributed by atoms with Gasteiger partial charge in [-0.15, -0.1) is 0 Å². The second-order valence-corrected chi connectivity index (χ2v) is 6.32. The first kappa shape index (κ1) is 16.0. The minimum Gasteiger partial charge on any atom is -0.383 e. The van der Waals surface area contributed by atoms with E-state index in [1.54, 1.807) is 6.20 Å². The number of hydrogen-bond donors (Lipinski definition) is 2. The average Bonchev–Trinajstić information content (AvgIpc) is 2.51. The summed E-state index contributed by atoms with van der Waals surface area (Å²) in [7, 11) is 4.00. The summed E-state index contributed by atoms with van der Waals surface area (Å²) in [6, 6.07) is 6.41.